The van der Waals surface area contributed by atoms with Gasteiger partial charge in [0.05, 0.1) is 34.5 Å². The number of hydrogen-bond donors (Lipinski definition) is 1. The van der Waals surface area contributed by atoms with Gasteiger partial charge >= 0.3 is 0 Å². The second kappa shape index (κ2) is 10.9. The van der Waals surface area contributed by atoms with Crippen molar-refractivity contribution in [3.05, 3.63) is 93.0 Å². The molecule has 0 radical (unpaired) electrons. The highest BCUT2D eigenvalue weighted by atomic mass is 35.5. The van der Waals surface area contributed by atoms with Gasteiger partial charge in [-0.1, -0.05) is 65.2 Å². The molecule has 1 N–H and O–H groups in total. The van der Waals surface area contributed by atoms with Gasteiger partial charge in [0, 0.05) is 24.4 Å². The Morgan fingerprint density at radius 3 is 2.50 bits per heavy atom. The molecule has 6 nitrogen and oxygen atoms in total. The maximum atomic E-state index is 12.2. The number of fused-ring (bicyclic) bond motifs is 1. The van der Waals surface area contributed by atoms with Crippen LogP contribution in [-0.4, -0.2) is 37.9 Å². The third-order valence-corrected chi connectivity index (χ3v) is 8.94. The molecule has 194 valence electrons. The quantitative estimate of drug-likeness (QED) is 0.379. The molecule has 0 saturated carbocycles. The van der Waals surface area contributed by atoms with Crippen molar-refractivity contribution in [2.45, 2.75) is 25.8 Å². The summed E-state index contributed by atoms with van der Waals surface area (Å²) in [7, 11) is -3.26. The van der Waals surface area contributed by atoms with Crippen LogP contribution in [-0.2, 0) is 16.6 Å². The zero-order chi connectivity index (χ0) is 26.9. The zero-order valence-electron chi connectivity index (χ0n) is 20.8. The molecule has 38 heavy (non-hydrogen) atoms. The number of amidine groups is 1. The average Bonchev–Trinajstić information content (AvgIpc) is 3.17. The fourth-order valence-corrected chi connectivity index (χ4v) is 6.19. The van der Waals surface area contributed by atoms with Crippen LogP contribution < -0.4 is 5.32 Å². The summed E-state index contributed by atoms with van der Waals surface area (Å²) < 4.78 is 26.0. The van der Waals surface area contributed by atoms with Gasteiger partial charge in [-0.3, -0.25) is 4.99 Å². The molecule has 1 fully saturated rings. The first-order chi connectivity index (χ1) is 18.2. The lowest BCUT2D eigenvalue weighted by molar-refractivity contribution is 0.430. The second-order valence-corrected chi connectivity index (χ2v) is 12.3. The number of halogens is 2. The van der Waals surface area contributed by atoms with Crippen LogP contribution in [0.15, 0.2) is 71.2 Å². The van der Waals surface area contributed by atoms with Crippen LogP contribution in [0.5, 0.6) is 0 Å². The van der Waals surface area contributed by atoms with Crippen molar-refractivity contribution in [1.29, 1.82) is 5.26 Å². The Bertz CT molecular complexity index is 1610. The molecule has 3 aromatic rings. The van der Waals surface area contributed by atoms with Crippen LogP contribution in [0.1, 0.15) is 36.0 Å². The molecule has 0 unspecified atom stereocenters. The van der Waals surface area contributed by atoms with Crippen molar-refractivity contribution in [2.24, 2.45) is 4.99 Å². The first kappa shape index (κ1) is 26.5. The zero-order valence-corrected chi connectivity index (χ0v) is 23.2. The standard InChI is InChI=1S/C29H26Cl2N4O2S/c1-38(36,37)35-12-3-6-21(11-13-35)28(29-33-18-24-15-25(30)26(31)16-27(24)34-29)22-9-7-20(8-10-22)23-5-2-4-19(14-23)17-32/h2,4-5,7-10,14-16H,3,6,11-13,18H2,1H3,(H,33,34)/b28-21-. The lowest BCUT2D eigenvalue weighted by atomic mass is 9.92. The molecule has 0 bridgehead atoms. The first-order valence-corrected chi connectivity index (χ1v) is 14.9. The molecule has 2 heterocycles. The van der Waals surface area contributed by atoms with Crippen LogP contribution in [0.4, 0.5) is 5.69 Å². The smallest absolute Gasteiger partial charge is 0.211 e. The maximum Gasteiger partial charge on any atom is 0.211 e. The second-order valence-electron chi connectivity index (χ2n) is 9.48. The molecule has 2 aliphatic heterocycles. The maximum absolute atomic E-state index is 12.2. The number of nitrogens with one attached hydrogen (secondary N) is 1. The van der Waals surface area contributed by atoms with Gasteiger partial charge in [-0.05, 0) is 65.8 Å². The Labute approximate surface area is 233 Å². The van der Waals surface area contributed by atoms with Gasteiger partial charge in [0.1, 0.15) is 5.84 Å². The number of nitriles is 1. The van der Waals surface area contributed by atoms with E-state index in [4.69, 9.17) is 28.2 Å². The predicted octanol–water partition coefficient (Wildman–Crippen LogP) is 6.76. The summed E-state index contributed by atoms with van der Waals surface area (Å²) in [6, 6.07) is 21.6. The van der Waals surface area contributed by atoms with Crippen LogP contribution >= 0.6 is 23.2 Å². The van der Waals surface area contributed by atoms with E-state index in [1.807, 2.05) is 42.5 Å². The normalized spacial score (nSPS) is 17.5. The number of aliphatic imine (C=N–C) groups is 1. The Morgan fingerprint density at radius 1 is 1.00 bits per heavy atom. The van der Waals surface area contributed by atoms with E-state index in [9.17, 15) is 13.7 Å². The number of sulfonamides is 1. The van der Waals surface area contributed by atoms with Crippen molar-refractivity contribution < 1.29 is 8.42 Å². The van der Waals surface area contributed by atoms with E-state index in [0.717, 1.165) is 57.8 Å². The summed E-state index contributed by atoms with van der Waals surface area (Å²) in [5.41, 5.74) is 7.54. The molecule has 0 atom stereocenters. The highest BCUT2D eigenvalue weighted by Gasteiger charge is 2.25. The summed E-state index contributed by atoms with van der Waals surface area (Å²) in [5, 5.41) is 13.7. The van der Waals surface area contributed by atoms with Crippen LogP contribution in [0.2, 0.25) is 10.0 Å². The number of hydrogen-bond acceptors (Lipinski definition) is 5. The molecule has 0 aromatic heterocycles. The summed E-state index contributed by atoms with van der Waals surface area (Å²) in [6.45, 7) is 1.39. The lowest BCUT2D eigenvalue weighted by Gasteiger charge is -2.24. The van der Waals surface area contributed by atoms with E-state index in [2.05, 4.69) is 23.5 Å². The third kappa shape index (κ3) is 5.64. The van der Waals surface area contributed by atoms with Crippen molar-refractivity contribution >= 4 is 50.3 Å². The van der Waals surface area contributed by atoms with E-state index in [1.54, 1.807) is 10.4 Å². The van der Waals surface area contributed by atoms with Gasteiger partial charge in [0.2, 0.25) is 10.0 Å². The van der Waals surface area contributed by atoms with Gasteiger partial charge < -0.3 is 5.32 Å². The van der Waals surface area contributed by atoms with Crippen molar-refractivity contribution in [3.8, 4) is 17.2 Å². The number of anilines is 1. The van der Waals surface area contributed by atoms with Gasteiger partial charge in [-0.15, -0.1) is 0 Å². The van der Waals surface area contributed by atoms with Crippen LogP contribution in [0, 0.1) is 11.3 Å². The molecule has 0 spiro atoms. The predicted molar refractivity (Wildman–Crippen MR) is 155 cm³/mol. The summed E-state index contributed by atoms with van der Waals surface area (Å²) >= 11 is 12.5. The molecule has 0 aliphatic carbocycles. The van der Waals surface area contributed by atoms with Crippen molar-refractivity contribution in [1.82, 2.24) is 4.31 Å². The van der Waals surface area contributed by atoms with E-state index in [0.29, 0.717) is 41.7 Å². The number of benzene rings is 3. The largest absolute Gasteiger partial charge is 0.340 e. The summed E-state index contributed by atoms with van der Waals surface area (Å²) in [5.74, 6) is 0.734. The Hall–Kier alpha value is -3.15. The van der Waals surface area contributed by atoms with E-state index in [-0.39, 0.29) is 0 Å². The minimum atomic E-state index is -3.26. The monoisotopic (exact) mass is 564 g/mol. The highest BCUT2D eigenvalue weighted by molar-refractivity contribution is 7.88. The molecule has 1 saturated heterocycles. The Kier molecular flexibility index (Phi) is 7.60. The molecule has 5 rings (SSSR count). The molecule has 3 aromatic carbocycles. The van der Waals surface area contributed by atoms with Crippen LogP contribution in [0.3, 0.4) is 0 Å². The third-order valence-electron chi connectivity index (χ3n) is 6.91. The Morgan fingerprint density at radius 2 is 1.76 bits per heavy atom. The van der Waals surface area contributed by atoms with Crippen molar-refractivity contribution in [3.63, 3.8) is 0 Å². The fraction of sp³-hybridized carbons (Fsp3) is 0.241. The highest BCUT2D eigenvalue weighted by Crippen LogP contribution is 2.36. The number of rotatable bonds is 4. The topological polar surface area (TPSA) is 85.6 Å². The van der Waals surface area contributed by atoms with Crippen molar-refractivity contribution in [2.75, 3.05) is 24.7 Å². The minimum Gasteiger partial charge on any atom is -0.340 e. The fourth-order valence-electron chi connectivity index (χ4n) is 4.96. The lowest BCUT2D eigenvalue weighted by Crippen LogP contribution is -2.30. The van der Waals surface area contributed by atoms with Gasteiger partial charge in [0.25, 0.3) is 0 Å². The first-order valence-electron chi connectivity index (χ1n) is 12.3. The molecule has 2 aliphatic rings. The van der Waals surface area contributed by atoms with E-state index in [1.165, 1.54) is 6.26 Å². The van der Waals surface area contributed by atoms with Gasteiger partial charge in [-0.25, -0.2) is 12.7 Å². The van der Waals surface area contributed by atoms with Gasteiger partial charge in [0.15, 0.2) is 0 Å². The Balaban J connectivity index is 1.55. The number of nitrogens with zero attached hydrogens (tertiary/aromatic N) is 3. The summed E-state index contributed by atoms with van der Waals surface area (Å²) in [6.07, 6.45) is 3.38. The van der Waals surface area contributed by atoms with E-state index >= 15 is 0 Å². The van der Waals surface area contributed by atoms with E-state index < -0.39 is 10.0 Å². The molecule has 0 amide bonds. The molecular formula is C29H26Cl2N4O2S. The van der Waals surface area contributed by atoms with Crippen LogP contribution in [0.25, 0.3) is 16.7 Å². The average molecular weight is 566 g/mol. The SMILES string of the molecule is CS(=O)(=O)N1CCC/C(=C(/C2=NCc3cc(Cl)c(Cl)cc3N2)c2ccc(-c3cccc(C#N)c3)cc2)CC1. The summed E-state index contributed by atoms with van der Waals surface area (Å²) in [4.78, 5) is 4.87. The minimum absolute atomic E-state index is 0.433. The molecule has 9 heteroatoms. The molecular weight excluding hydrogens is 539 g/mol. The van der Waals surface area contributed by atoms with Gasteiger partial charge in [-0.2, -0.15) is 5.26 Å².